The lowest BCUT2D eigenvalue weighted by Gasteiger charge is -2.38. The van der Waals surface area contributed by atoms with Crippen LogP contribution in [0, 0.1) is 24.3 Å². The molecule has 1 heterocycles. The molecule has 2 unspecified atom stereocenters. The zero-order valence-corrected chi connectivity index (χ0v) is 14.2. The first-order valence-electron chi connectivity index (χ1n) is 8.38. The Morgan fingerprint density at radius 2 is 2.13 bits per heavy atom. The molecule has 2 atom stereocenters. The molecule has 1 aromatic rings. The minimum atomic E-state index is -0.323. The number of aryl methyl sites for hydroxylation is 1. The lowest BCUT2D eigenvalue weighted by molar-refractivity contribution is -0.148. The van der Waals surface area contributed by atoms with E-state index in [9.17, 15) is 10.1 Å². The molecule has 0 bridgehead atoms. The predicted octanol–water partition coefficient (Wildman–Crippen LogP) is 3.14. The Labute approximate surface area is 138 Å². The van der Waals surface area contributed by atoms with Gasteiger partial charge in [0.2, 0.25) is 0 Å². The first kappa shape index (κ1) is 17.1. The Hall–Kier alpha value is -2.22. The van der Waals surface area contributed by atoms with Crippen molar-refractivity contribution in [3.63, 3.8) is 0 Å². The van der Waals surface area contributed by atoms with Crippen molar-refractivity contribution < 1.29 is 4.79 Å². The molecule has 1 fully saturated rings. The fraction of sp³-hybridized carbons (Fsp3) is 0.556. The standard InChI is InChI=1S/C18H26N4O/c1-4-15(3)17(20-16-9-7-8-14(2)12-16)18(23)22-11-6-5-10-21(22)13-19/h7-9,12,15,17,20H,4-6,10-11H2,1-3H3. The molecular formula is C18H26N4O. The van der Waals surface area contributed by atoms with Gasteiger partial charge in [-0.15, -0.1) is 0 Å². The quantitative estimate of drug-likeness (QED) is 0.848. The number of rotatable bonds is 5. The van der Waals surface area contributed by atoms with Crippen LogP contribution in [0.2, 0.25) is 0 Å². The second-order valence-corrected chi connectivity index (χ2v) is 6.27. The summed E-state index contributed by atoms with van der Waals surface area (Å²) in [6.45, 7) is 7.44. The molecule has 1 aromatic carbocycles. The summed E-state index contributed by atoms with van der Waals surface area (Å²) >= 11 is 0. The van der Waals surface area contributed by atoms with Gasteiger partial charge >= 0.3 is 0 Å². The molecule has 0 aromatic heterocycles. The van der Waals surface area contributed by atoms with E-state index >= 15 is 0 Å². The van der Waals surface area contributed by atoms with Crippen molar-refractivity contribution >= 4 is 11.6 Å². The van der Waals surface area contributed by atoms with E-state index in [0.717, 1.165) is 30.5 Å². The number of carbonyl (C=O) groups excluding carboxylic acids is 1. The third-order valence-electron chi connectivity index (χ3n) is 4.47. The third kappa shape index (κ3) is 4.16. The highest BCUT2D eigenvalue weighted by molar-refractivity contribution is 5.85. The number of hydrogen-bond donors (Lipinski definition) is 1. The largest absolute Gasteiger partial charge is 0.373 e. The topological polar surface area (TPSA) is 59.4 Å². The Morgan fingerprint density at radius 3 is 2.78 bits per heavy atom. The number of nitriles is 1. The Kier molecular flexibility index (Phi) is 5.86. The fourth-order valence-electron chi connectivity index (χ4n) is 2.86. The number of anilines is 1. The zero-order chi connectivity index (χ0) is 16.8. The van der Waals surface area contributed by atoms with E-state index in [-0.39, 0.29) is 17.9 Å². The maximum atomic E-state index is 13.0. The fourth-order valence-corrected chi connectivity index (χ4v) is 2.86. The molecule has 0 saturated carbocycles. The molecule has 1 amide bonds. The van der Waals surface area contributed by atoms with E-state index in [1.54, 1.807) is 5.01 Å². The van der Waals surface area contributed by atoms with Crippen molar-refractivity contribution in [2.75, 3.05) is 18.4 Å². The molecule has 0 aliphatic carbocycles. The van der Waals surface area contributed by atoms with Gasteiger partial charge in [0.25, 0.3) is 5.91 Å². The molecule has 1 saturated heterocycles. The van der Waals surface area contributed by atoms with Crippen LogP contribution in [0.4, 0.5) is 5.69 Å². The van der Waals surface area contributed by atoms with Gasteiger partial charge in [0.05, 0.1) is 6.54 Å². The SMILES string of the molecule is CCC(C)C(Nc1cccc(C)c1)C(=O)N1CCCCN1C#N. The summed E-state index contributed by atoms with van der Waals surface area (Å²) in [4.78, 5) is 13.0. The molecule has 0 radical (unpaired) electrons. The zero-order valence-electron chi connectivity index (χ0n) is 14.2. The van der Waals surface area contributed by atoms with Crippen molar-refractivity contribution in [2.45, 2.75) is 46.1 Å². The molecule has 0 spiro atoms. The van der Waals surface area contributed by atoms with Gasteiger partial charge in [0.15, 0.2) is 6.19 Å². The Bertz CT molecular complexity index is 581. The van der Waals surface area contributed by atoms with Crippen LogP contribution < -0.4 is 5.32 Å². The van der Waals surface area contributed by atoms with Gasteiger partial charge in [0, 0.05) is 12.2 Å². The first-order chi connectivity index (χ1) is 11.1. The predicted molar refractivity (Wildman–Crippen MR) is 91.3 cm³/mol. The van der Waals surface area contributed by atoms with Gasteiger partial charge in [-0.25, -0.2) is 10.0 Å². The molecule has 5 nitrogen and oxygen atoms in total. The number of hydrazine groups is 1. The van der Waals surface area contributed by atoms with Gasteiger partial charge in [-0.3, -0.25) is 4.79 Å². The highest BCUT2D eigenvalue weighted by atomic mass is 16.2. The number of benzene rings is 1. The number of nitrogens with zero attached hydrogens (tertiary/aromatic N) is 3. The monoisotopic (exact) mass is 314 g/mol. The highest BCUT2D eigenvalue weighted by Crippen LogP contribution is 2.21. The summed E-state index contributed by atoms with van der Waals surface area (Å²) in [7, 11) is 0. The number of amides is 1. The van der Waals surface area contributed by atoms with Crippen LogP contribution in [-0.4, -0.2) is 35.1 Å². The Morgan fingerprint density at radius 1 is 1.39 bits per heavy atom. The summed E-state index contributed by atoms with van der Waals surface area (Å²) in [5, 5.41) is 15.8. The minimum absolute atomic E-state index is 0.0119. The smallest absolute Gasteiger partial charge is 0.264 e. The molecule has 5 heteroatoms. The second kappa shape index (κ2) is 7.87. The van der Waals surface area contributed by atoms with E-state index in [2.05, 4.69) is 25.4 Å². The van der Waals surface area contributed by atoms with Crippen molar-refractivity contribution in [1.82, 2.24) is 10.0 Å². The van der Waals surface area contributed by atoms with E-state index in [1.807, 2.05) is 31.2 Å². The van der Waals surface area contributed by atoms with Crippen molar-refractivity contribution in [2.24, 2.45) is 5.92 Å². The summed E-state index contributed by atoms with van der Waals surface area (Å²) in [5.41, 5.74) is 2.10. The lowest BCUT2D eigenvalue weighted by atomic mass is 9.97. The molecule has 1 aliphatic heterocycles. The summed E-state index contributed by atoms with van der Waals surface area (Å²) in [5.74, 6) is 0.174. The van der Waals surface area contributed by atoms with E-state index in [4.69, 9.17) is 0 Å². The lowest BCUT2D eigenvalue weighted by Crippen LogP contribution is -2.54. The average molecular weight is 314 g/mol. The summed E-state index contributed by atoms with van der Waals surface area (Å²) < 4.78 is 0. The van der Waals surface area contributed by atoms with Crippen LogP contribution in [-0.2, 0) is 4.79 Å². The molecular weight excluding hydrogens is 288 g/mol. The van der Waals surface area contributed by atoms with E-state index < -0.39 is 0 Å². The van der Waals surface area contributed by atoms with Gasteiger partial charge < -0.3 is 5.32 Å². The van der Waals surface area contributed by atoms with Crippen LogP contribution in [0.3, 0.4) is 0 Å². The maximum absolute atomic E-state index is 13.0. The maximum Gasteiger partial charge on any atom is 0.264 e. The van der Waals surface area contributed by atoms with Crippen LogP contribution in [0.25, 0.3) is 0 Å². The Balaban J connectivity index is 2.20. The summed E-state index contributed by atoms with van der Waals surface area (Å²) in [6.07, 6.45) is 4.93. The molecule has 1 aliphatic rings. The van der Waals surface area contributed by atoms with Gasteiger partial charge in [0.1, 0.15) is 6.04 Å². The van der Waals surface area contributed by atoms with E-state index in [1.165, 1.54) is 5.01 Å². The van der Waals surface area contributed by atoms with Gasteiger partial charge in [-0.05, 0) is 43.4 Å². The van der Waals surface area contributed by atoms with Crippen molar-refractivity contribution in [3.8, 4) is 6.19 Å². The van der Waals surface area contributed by atoms with E-state index in [0.29, 0.717) is 13.1 Å². The van der Waals surface area contributed by atoms with Gasteiger partial charge in [-0.2, -0.15) is 5.26 Å². The number of carbonyl (C=O) groups is 1. The molecule has 23 heavy (non-hydrogen) atoms. The number of hydrogen-bond acceptors (Lipinski definition) is 4. The minimum Gasteiger partial charge on any atom is -0.373 e. The highest BCUT2D eigenvalue weighted by Gasteiger charge is 2.32. The van der Waals surface area contributed by atoms with Crippen molar-refractivity contribution in [3.05, 3.63) is 29.8 Å². The third-order valence-corrected chi connectivity index (χ3v) is 4.47. The van der Waals surface area contributed by atoms with Crippen LogP contribution >= 0.6 is 0 Å². The first-order valence-corrected chi connectivity index (χ1v) is 8.38. The molecule has 2 rings (SSSR count). The number of nitrogens with one attached hydrogen (secondary N) is 1. The van der Waals surface area contributed by atoms with Gasteiger partial charge in [-0.1, -0.05) is 32.4 Å². The average Bonchev–Trinajstić information content (AvgIpc) is 2.58. The van der Waals surface area contributed by atoms with Crippen LogP contribution in [0.15, 0.2) is 24.3 Å². The van der Waals surface area contributed by atoms with Crippen molar-refractivity contribution in [1.29, 1.82) is 5.26 Å². The second-order valence-electron chi connectivity index (χ2n) is 6.27. The normalized spacial score (nSPS) is 17.3. The van der Waals surface area contributed by atoms with Crippen LogP contribution in [0.1, 0.15) is 38.7 Å². The molecule has 1 N–H and O–H groups in total. The molecule has 124 valence electrons. The summed E-state index contributed by atoms with van der Waals surface area (Å²) in [6, 6.07) is 7.72. The van der Waals surface area contributed by atoms with Crippen LogP contribution in [0.5, 0.6) is 0 Å².